The molecule has 3 aliphatic rings. The van der Waals surface area contributed by atoms with Gasteiger partial charge in [-0.2, -0.15) is 0 Å². The van der Waals surface area contributed by atoms with Gasteiger partial charge in [-0.15, -0.1) is 0 Å². The SMILES string of the molecule is O=C(NCc1cc(F)cc(F)c1)c1cn2c(c(O)c1=O)C(=O)N1C(C2)O[C@H]2CC[C@@H]1C2. The molecule has 1 aromatic carbocycles. The van der Waals surface area contributed by atoms with Crippen LogP contribution in [0.3, 0.4) is 0 Å². The summed E-state index contributed by atoms with van der Waals surface area (Å²) in [6.07, 6.45) is 3.14. The van der Waals surface area contributed by atoms with Crippen LogP contribution in [-0.4, -0.2) is 44.8 Å². The van der Waals surface area contributed by atoms with Crippen molar-refractivity contribution in [2.45, 2.75) is 50.7 Å². The quantitative estimate of drug-likeness (QED) is 0.767. The zero-order valence-electron chi connectivity index (χ0n) is 16.3. The number of fused-ring (bicyclic) bond motifs is 5. The number of carbonyl (C=O) groups is 2. The summed E-state index contributed by atoms with van der Waals surface area (Å²) in [4.78, 5) is 39.8. The number of hydrogen-bond donors (Lipinski definition) is 2. The number of carbonyl (C=O) groups excluding carboxylic acids is 2. The number of rotatable bonds is 3. The van der Waals surface area contributed by atoms with Crippen molar-refractivity contribution in [1.82, 2.24) is 14.8 Å². The fraction of sp³-hybridized carbons (Fsp3) is 0.381. The first-order valence-electron chi connectivity index (χ1n) is 9.99. The van der Waals surface area contributed by atoms with Crippen molar-refractivity contribution in [3.05, 3.63) is 63.1 Å². The Morgan fingerprint density at radius 3 is 2.68 bits per heavy atom. The largest absolute Gasteiger partial charge is 0.503 e. The van der Waals surface area contributed by atoms with Gasteiger partial charge in [-0.3, -0.25) is 14.4 Å². The van der Waals surface area contributed by atoms with Crippen LogP contribution in [0.1, 0.15) is 45.7 Å². The first-order chi connectivity index (χ1) is 14.8. The Morgan fingerprint density at radius 1 is 1.19 bits per heavy atom. The Kier molecular flexibility index (Phi) is 4.54. The second kappa shape index (κ2) is 7.16. The molecule has 8 nitrogen and oxygen atoms in total. The molecule has 2 amide bonds. The highest BCUT2D eigenvalue weighted by Gasteiger charge is 2.47. The van der Waals surface area contributed by atoms with Crippen LogP contribution >= 0.6 is 0 Å². The van der Waals surface area contributed by atoms with E-state index < -0.39 is 40.9 Å². The van der Waals surface area contributed by atoms with Gasteiger partial charge in [-0.25, -0.2) is 8.78 Å². The molecular formula is C21H19F2N3O5. The van der Waals surface area contributed by atoms with Crippen LogP contribution in [0.25, 0.3) is 0 Å². The predicted octanol–water partition coefficient (Wildman–Crippen LogP) is 1.50. The number of aromatic hydroxyl groups is 1. The lowest BCUT2D eigenvalue weighted by molar-refractivity contribution is -0.132. The summed E-state index contributed by atoms with van der Waals surface area (Å²) >= 11 is 0. The molecule has 1 aliphatic carbocycles. The smallest absolute Gasteiger partial charge is 0.276 e. The van der Waals surface area contributed by atoms with Crippen LogP contribution in [0.15, 0.2) is 29.2 Å². The lowest BCUT2D eigenvalue weighted by atomic mass is 10.1. The minimum atomic E-state index is -0.983. The highest BCUT2D eigenvalue weighted by molar-refractivity contribution is 5.99. The van der Waals surface area contributed by atoms with Gasteiger partial charge in [-0.05, 0) is 37.0 Å². The van der Waals surface area contributed by atoms with Crippen molar-refractivity contribution in [3.8, 4) is 5.75 Å². The topological polar surface area (TPSA) is 101 Å². The molecule has 2 fully saturated rings. The van der Waals surface area contributed by atoms with Gasteiger partial charge in [0, 0.05) is 24.8 Å². The van der Waals surface area contributed by atoms with Crippen molar-refractivity contribution in [2.24, 2.45) is 0 Å². The van der Waals surface area contributed by atoms with Gasteiger partial charge in [0.2, 0.25) is 5.43 Å². The van der Waals surface area contributed by atoms with Crippen molar-refractivity contribution < 1.29 is 28.2 Å². The van der Waals surface area contributed by atoms with Crippen LogP contribution < -0.4 is 10.7 Å². The van der Waals surface area contributed by atoms with E-state index in [0.717, 1.165) is 31.4 Å². The zero-order valence-corrected chi connectivity index (χ0v) is 16.3. The maximum Gasteiger partial charge on any atom is 0.276 e. The van der Waals surface area contributed by atoms with Gasteiger partial charge in [0.1, 0.15) is 17.2 Å². The molecule has 2 aliphatic heterocycles. The number of aromatic nitrogens is 1. The van der Waals surface area contributed by atoms with Crippen LogP contribution in [-0.2, 0) is 17.8 Å². The van der Waals surface area contributed by atoms with E-state index in [-0.39, 0.29) is 42.1 Å². The molecule has 3 heterocycles. The number of nitrogens with one attached hydrogen (secondary N) is 1. The second-order valence-electron chi connectivity index (χ2n) is 8.07. The molecule has 0 spiro atoms. The monoisotopic (exact) mass is 431 g/mol. The summed E-state index contributed by atoms with van der Waals surface area (Å²) in [5, 5.41) is 12.9. The predicted molar refractivity (Wildman–Crippen MR) is 102 cm³/mol. The molecule has 162 valence electrons. The minimum Gasteiger partial charge on any atom is -0.503 e. The number of pyridine rings is 1. The van der Waals surface area contributed by atoms with Gasteiger partial charge in [0.05, 0.1) is 12.6 Å². The summed E-state index contributed by atoms with van der Waals surface area (Å²) in [6, 6.07) is 2.83. The van der Waals surface area contributed by atoms with Gasteiger partial charge in [-0.1, -0.05) is 0 Å². The van der Waals surface area contributed by atoms with Crippen LogP contribution in [0, 0.1) is 11.6 Å². The maximum atomic E-state index is 13.3. The van der Waals surface area contributed by atoms with E-state index in [0.29, 0.717) is 6.07 Å². The van der Waals surface area contributed by atoms with E-state index in [1.807, 2.05) is 0 Å². The first-order valence-corrected chi connectivity index (χ1v) is 9.99. The first kappa shape index (κ1) is 19.7. The molecule has 1 unspecified atom stereocenters. The average molecular weight is 431 g/mol. The summed E-state index contributed by atoms with van der Waals surface area (Å²) in [5.74, 6) is -3.72. The third kappa shape index (κ3) is 3.27. The minimum absolute atomic E-state index is 0.00846. The standard InChI is InChI=1S/C21H19F2N3O5/c22-11-3-10(4-12(23)5-11)7-24-20(29)15-8-25-9-16-26(13-1-2-14(6-13)31-16)21(30)17(25)19(28)18(15)27/h3-5,8,13-14,16,28H,1-2,6-7,9H2,(H,24,29)/t13-,14+,16?/m1/s1. The Hall–Kier alpha value is -3.27. The summed E-state index contributed by atoms with van der Waals surface area (Å²) in [7, 11) is 0. The van der Waals surface area contributed by atoms with Gasteiger partial charge in [0.25, 0.3) is 11.8 Å². The molecular weight excluding hydrogens is 412 g/mol. The molecule has 0 radical (unpaired) electrons. The molecule has 5 rings (SSSR count). The zero-order chi connectivity index (χ0) is 21.9. The fourth-order valence-corrected chi connectivity index (χ4v) is 4.71. The van der Waals surface area contributed by atoms with Crippen LogP contribution in [0.2, 0.25) is 0 Å². The molecule has 1 aromatic heterocycles. The highest BCUT2D eigenvalue weighted by Crippen LogP contribution is 2.38. The third-order valence-electron chi connectivity index (χ3n) is 6.08. The molecule has 2 N–H and O–H groups in total. The summed E-state index contributed by atoms with van der Waals surface area (Å²) in [6.45, 7) is -0.0471. The van der Waals surface area contributed by atoms with E-state index in [4.69, 9.17) is 4.74 Å². The van der Waals surface area contributed by atoms with Gasteiger partial charge < -0.3 is 24.6 Å². The molecule has 2 bridgehead atoms. The molecule has 2 aromatic rings. The summed E-state index contributed by atoms with van der Waals surface area (Å²) < 4.78 is 34.0. The molecule has 1 saturated heterocycles. The fourth-order valence-electron chi connectivity index (χ4n) is 4.71. The maximum absolute atomic E-state index is 13.3. The Labute approximate surface area is 175 Å². The van der Waals surface area contributed by atoms with Crippen molar-refractivity contribution in [2.75, 3.05) is 0 Å². The van der Waals surface area contributed by atoms with Gasteiger partial charge >= 0.3 is 0 Å². The van der Waals surface area contributed by atoms with Crippen molar-refractivity contribution in [3.63, 3.8) is 0 Å². The number of nitrogens with zero attached hydrogens (tertiary/aromatic N) is 2. The number of amides is 2. The molecule has 3 atom stereocenters. The highest BCUT2D eigenvalue weighted by atomic mass is 19.1. The molecule has 10 heteroatoms. The molecule has 31 heavy (non-hydrogen) atoms. The average Bonchev–Trinajstić information content (AvgIpc) is 3.08. The van der Waals surface area contributed by atoms with E-state index in [1.54, 1.807) is 4.90 Å². The van der Waals surface area contributed by atoms with Crippen LogP contribution in [0.5, 0.6) is 5.75 Å². The Morgan fingerprint density at radius 2 is 1.94 bits per heavy atom. The number of ether oxygens (including phenoxy) is 1. The molecule has 1 saturated carbocycles. The number of benzene rings is 1. The third-order valence-corrected chi connectivity index (χ3v) is 6.08. The lowest BCUT2D eigenvalue weighted by Crippen LogP contribution is -2.57. The van der Waals surface area contributed by atoms with E-state index in [9.17, 15) is 28.3 Å². The van der Waals surface area contributed by atoms with Gasteiger partial charge in [0.15, 0.2) is 17.7 Å². The van der Waals surface area contributed by atoms with Crippen LogP contribution in [0.4, 0.5) is 8.78 Å². The lowest BCUT2D eigenvalue weighted by Gasteiger charge is -2.44. The van der Waals surface area contributed by atoms with Crippen molar-refractivity contribution >= 4 is 11.8 Å². The van der Waals surface area contributed by atoms with E-state index in [2.05, 4.69) is 5.32 Å². The number of hydrogen-bond acceptors (Lipinski definition) is 5. The Bertz CT molecular complexity index is 1140. The Balaban J connectivity index is 1.43. The number of halogens is 2. The second-order valence-corrected chi connectivity index (χ2v) is 8.07. The van der Waals surface area contributed by atoms with E-state index >= 15 is 0 Å². The summed E-state index contributed by atoms with van der Waals surface area (Å²) in [5.41, 5.74) is -1.36. The van der Waals surface area contributed by atoms with E-state index in [1.165, 1.54) is 10.8 Å². The normalized spacial score (nSPS) is 24.0. The van der Waals surface area contributed by atoms with Crippen molar-refractivity contribution in [1.29, 1.82) is 0 Å².